The van der Waals surface area contributed by atoms with E-state index in [0.29, 0.717) is 12.2 Å². The number of nitrogens with two attached hydrogens (primary N) is 1. The monoisotopic (exact) mass is 364 g/mol. The highest BCUT2D eigenvalue weighted by Gasteiger charge is 2.50. The average molecular weight is 364 g/mol. The molecular weight excluding hydrogens is 335 g/mol. The van der Waals surface area contributed by atoms with Crippen LogP contribution in [0.4, 0.5) is 10.1 Å². The number of hydrogen-bond acceptors (Lipinski definition) is 2. The summed E-state index contributed by atoms with van der Waals surface area (Å²) >= 11 is 0. The van der Waals surface area contributed by atoms with E-state index in [2.05, 4.69) is 5.32 Å². The molecular formula is C19H29FN4O2+2. The number of primary amides is 1. The minimum absolute atomic E-state index is 0.0940. The number of rotatable bonds is 5. The Morgan fingerprint density at radius 1 is 1.04 bits per heavy atom. The molecule has 0 atom stereocenters. The lowest BCUT2D eigenvalue weighted by atomic mass is 9.83. The molecule has 2 aliphatic rings. The van der Waals surface area contributed by atoms with Crippen LogP contribution in [-0.4, -0.2) is 50.1 Å². The molecule has 2 amide bonds. The Kier molecular flexibility index (Phi) is 5.88. The van der Waals surface area contributed by atoms with Crippen molar-refractivity contribution in [1.29, 1.82) is 0 Å². The first kappa shape index (κ1) is 18.8. The summed E-state index contributed by atoms with van der Waals surface area (Å²) in [6.45, 7) is 3.92. The molecule has 0 saturated carbocycles. The van der Waals surface area contributed by atoms with Crippen LogP contribution < -0.4 is 20.9 Å². The Balaban J connectivity index is 1.54. The molecule has 26 heavy (non-hydrogen) atoms. The zero-order valence-corrected chi connectivity index (χ0v) is 15.2. The Bertz CT molecular complexity index is 635. The van der Waals surface area contributed by atoms with Gasteiger partial charge in [0.05, 0.1) is 39.0 Å². The number of carbonyl (C=O) groups is 2. The lowest BCUT2D eigenvalue weighted by molar-refractivity contribution is -0.972. The van der Waals surface area contributed by atoms with Crippen LogP contribution in [0.3, 0.4) is 0 Å². The summed E-state index contributed by atoms with van der Waals surface area (Å²) in [4.78, 5) is 27.0. The third-order valence-corrected chi connectivity index (χ3v) is 5.95. The predicted octanol–water partition coefficient (Wildman–Crippen LogP) is -1.26. The number of quaternary nitrogens is 2. The maximum absolute atomic E-state index is 12.9. The molecule has 142 valence electrons. The first-order valence-electron chi connectivity index (χ1n) is 9.54. The summed E-state index contributed by atoms with van der Waals surface area (Å²) in [6.07, 6.45) is 5.01. The number of nitrogens with one attached hydrogen (secondary N) is 3. The summed E-state index contributed by atoms with van der Waals surface area (Å²) < 4.78 is 12.9. The molecule has 0 aliphatic carbocycles. The molecule has 0 spiro atoms. The molecule has 1 aromatic rings. The highest BCUT2D eigenvalue weighted by atomic mass is 19.1. The van der Waals surface area contributed by atoms with Crippen LogP contribution in [0.2, 0.25) is 0 Å². The van der Waals surface area contributed by atoms with E-state index in [0.717, 1.165) is 56.8 Å². The molecule has 0 unspecified atom stereocenters. The summed E-state index contributed by atoms with van der Waals surface area (Å²) in [6, 6.07) is 5.76. The fourth-order valence-electron chi connectivity index (χ4n) is 4.40. The van der Waals surface area contributed by atoms with Gasteiger partial charge in [-0.15, -0.1) is 0 Å². The van der Waals surface area contributed by atoms with E-state index in [1.54, 1.807) is 12.1 Å². The van der Waals surface area contributed by atoms with E-state index in [1.807, 2.05) is 0 Å². The van der Waals surface area contributed by atoms with E-state index in [1.165, 1.54) is 23.5 Å². The van der Waals surface area contributed by atoms with Crippen molar-refractivity contribution >= 4 is 17.5 Å². The molecule has 1 aromatic carbocycles. The number of likely N-dealkylation sites (tertiary alicyclic amines) is 2. The van der Waals surface area contributed by atoms with Crippen molar-refractivity contribution in [2.75, 3.05) is 38.0 Å². The van der Waals surface area contributed by atoms with Crippen molar-refractivity contribution in [1.82, 2.24) is 0 Å². The number of piperidine rings is 2. The number of carbonyl (C=O) groups excluding carboxylic acids is 2. The second kappa shape index (κ2) is 8.14. The van der Waals surface area contributed by atoms with Crippen LogP contribution in [0, 0.1) is 5.82 Å². The molecule has 2 aliphatic heterocycles. The zero-order chi connectivity index (χ0) is 18.6. The molecule has 0 bridgehead atoms. The number of anilines is 1. The lowest BCUT2D eigenvalue weighted by Gasteiger charge is -2.43. The lowest BCUT2D eigenvalue weighted by Crippen LogP contribution is -3.26. The molecule has 0 aromatic heterocycles. The molecule has 0 radical (unpaired) electrons. The first-order chi connectivity index (χ1) is 12.5. The van der Waals surface area contributed by atoms with E-state index < -0.39 is 5.54 Å². The van der Waals surface area contributed by atoms with Crippen molar-refractivity contribution in [3.8, 4) is 0 Å². The average Bonchev–Trinajstić information content (AvgIpc) is 2.65. The third-order valence-electron chi connectivity index (χ3n) is 5.95. The molecule has 7 heteroatoms. The number of amides is 2. The van der Waals surface area contributed by atoms with Gasteiger partial charge in [0.1, 0.15) is 5.82 Å². The van der Waals surface area contributed by atoms with Gasteiger partial charge >= 0.3 is 0 Å². The van der Waals surface area contributed by atoms with Crippen molar-refractivity contribution in [2.24, 2.45) is 5.73 Å². The van der Waals surface area contributed by atoms with Gasteiger partial charge < -0.3 is 20.9 Å². The molecule has 2 saturated heterocycles. The number of benzene rings is 1. The minimum Gasteiger partial charge on any atom is -0.364 e. The van der Waals surface area contributed by atoms with Crippen LogP contribution in [0.5, 0.6) is 0 Å². The SMILES string of the molecule is NC(=O)C1([NH+]2CCCCC2)CC[NH+](CC(=O)Nc2ccc(F)cc2)CC1. The third kappa shape index (κ3) is 4.22. The van der Waals surface area contributed by atoms with Gasteiger partial charge in [-0.2, -0.15) is 0 Å². The fourth-order valence-corrected chi connectivity index (χ4v) is 4.40. The first-order valence-corrected chi connectivity index (χ1v) is 9.54. The minimum atomic E-state index is -0.461. The highest BCUT2D eigenvalue weighted by molar-refractivity contribution is 5.91. The van der Waals surface area contributed by atoms with Crippen molar-refractivity contribution < 1.29 is 23.8 Å². The highest BCUT2D eigenvalue weighted by Crippen LogP contribution is 2.14. The van der Waals surface area contributed by atoms with E-state index in [4.69, 9.17) is 5.73 Å². The number of halogens is 1. The van der Waals surface area contributed by atoms with Crippen LogP contribution in [-0.2, 0) is 9.59 Å². The Morgan fingerprint density at radius 2 is 1.65 bits per heavy atom. The molecule has 2 fully saturated rings. The summed E-state index contributed by atoms with van der Waals surface area (Å²) in [5, 5.41) is 2.80. The van der Waals surface area contributed by atoms with Crippen LogP contribution in [0.1, 0.15) is 32.1 Å². The van der Waals surface area contributed by atoms with Gasteiger partial charge in [0, 0.05) is 5.69 Å². The second-order valence-corrected chi connectivity index (χ2v) is 7.59. The Hall–Kier alpha value is -1.99. The second-order valence-electron chi connectivity index (χ2n) is 7.59. The van der Waals surface area contributed by atoms with Gasteiger partial charge in [-0.1, -0.05) is 0 Å². The molecule has 3 rings (SSSR count). The molecule has 2 heterocycles. The van der Waals surface area contributed by atoms with Crippen molar-refractivity contribution in [3.63, 3.8) is 0 Å². The number of hydrogen-bond donors (Lipinski definition) is 4. The predicted molar refractivity (Wildman–Crippen MR) is 96.3 cm³/mol. The van der Waals surface area contributed by atoms with Crippen LogP contribution >= 0.6 is 0 Å². The van der Waals surface area contributed by atoms with E-state index >= 15 is 0 Å². The van der Waals surface area contributed by atoms with Gasteiger partial charge in [0.25, 0.3) is 11.8 Å². The van der Waals surface area contributed by atoms with Gasteiger partial charge in [-0.05, 0) is 43.5 Å². The smallest absolute Gasteiger partial charge is 0.279 e. The zero-order valence-electron chi connectivity index (χ0n) is 15.2. The fraction of sp³-hybridized carbons (Fsp3) is 0.579. The standard InChI is InChI=1S/C19H27FN4O2/c20-15-4-6-16(7-5-15)22-17(25)14-23-12-8-19(9-13-23,18(21)26)24-10-2-1-3-11-24/h4-7H,1-3,8-14H2,(H2,21,26)(H,22,25)/p+2. The maximum Gasteiger partial charge on any atom is 0.279 e. The summed E-state index contributed by atoms with van der Waals surface area (Å²) in [7, 11) is 0. The largest absolute Gasteiger partial charge is 0.364 e. The van der Waals surface area contributed by atoms with Gasteiger partial charge in [-0.25, -0.2) is 4.39 Å². The Morgan fingerprint density at radius 3 is 2.23 bits per heavy atom. The summed E-state index contributed by atoms with van der Waals surface area (Å²) in [5.74, 6) is -0.611. The molecule has 6 nitrogen and oxygen atoms in total. The van der Waals surface area contributed by atoms with Crippen molar-refractivity contribution in [3.05, 3.63) is 30.1 Å². The topological polar surface area (TPSA) is 81.1 Å². The van der Waals surface area contributed by atoms with Gasteiger partial charge in [0.2, 0.25) is 0 Å². The van der Waals surface area contributed by atoms with E-state index in [-0.39, 0.29) is 17.6 Å². The van der Waals surface area contributed by atoms with Crippen LogP contribution in [0.15, 0.2) is 24.3 Å². The van der Waals surface area contributed by atoms with E-state index in [9.17, 15) is 14.0 Å². The normalized spacial score (nSPS) is 27.0. The van der Waals surface area contributed by atoms with Gasteiger partial charge in [-0.3, -0.25) is 9.59 Å². The Labute approximate surface area is 153 Å². The maximum atomic E-state index is 12.9. The molecule has 5 N–H and O–H groups in total. The quantitative estimate of drug-likeness (QED) is 0.526. The van der Waals surface area contributed by atoms with Crippen LogP contribution in [0.25, 0.3) is 0 Å². The van der Waals surface area contributed by atoms with Gasteiger partial charge in [0.15, 0.2) is 12.1 Å². The van der Waals surface area contributed by atoms with Crippen molar-refractivity contribution in [2.45, 2.75) is 37.6 Å². The summed E-state index contributed by atoms with van der Waals surface area (Å²) in [5.41, 5.74) is 5.95.